The lowest BCUT2D eigenvalue weighted by atomic mass is 9.86. The highest BCUT2D eigenvalue weighted by atomic mass is 127. The van der Waals surface area contributed by atoms with Gasteiger partial charge >= 0.3 is 0 Å². The fourth-order valence-electron chi connectivity index (χ4n) is 1.28. The van der Waals surface area contributed by atoms with E-state index in [2.05, 4.69) is 10.3 Å². The normalized spacial score (nSPS) is 17.4. The van der Waals surface area contributed by atoms with E-state index < -0.39 is 10.0 Å². The Hall–Kier alpha value is -0.0900. The zero-order valence-electron chi connectivity index (χ0n) is 9.05. The van der Waals surface area contributed by atoms with Crippen LogP contribution in [0.3, 0.4) is 0 Å². The molecule has 96 valence electrons. The summed E-state index contributed by atoms with van der Waals surface area (Å²) in [5.41, 5.74) is 5.53. The molecular formula is C8H19IN4O2S. The predicted molar refractivity (Wildman–Crippen MR) is 75.2 cm³/mol. The molecule has 16 heavy (non-hydrogen) atoms. The summed E-state index contributed by atoms with van der Waals surface area (Å²) in [4.78, 5) is 4.11. The second-order valence-electron chi connectivity index (χ2n) is 3.82. The van der Waals surface area contributed by atoms with E-state index in [-0.39, 0.29) is 36.3 Å². The molecule has 0 saturated heterocycles. The van der Waals surface area contributed by atoms with E-state index >= 15 is 0 Å². The number of sulfonamides is 1. The maximum atomic E-state index is 10.6. The number of halogens is 1. The van der Waals surface area contributed by atoms with Crippen molar-refractivity contribution in [3.63, 3.8) is 0 Å². The number of nitrogens with zero attached hydrogens (tertiary/aromatic N) is 1. The Morgan fingerprint density at radius 3 is 2.50 bits per heavy atom. The van der Waals surface area contributed by atoms with Gasteiger partial charge in [-0.2, -0.15) is 0 Å². The second kappa shape index (κ2) is 7.28. The maximum absolute atomic E-state index is 10.6. The van der Waals surface area contributed by atoms with E-state index in [1.54, 1.807) is 0 Å². The Morgan fingerprint density at radius 2 is 2.06 bits per heavy atom. The third kappa shape index (κ3) is 7.23. The van der Waals surface area contributed by atoms with Crippen LogP contribution in [0.1, 0.15) is 19.3 Å². The number of aliphatic imine (C=N–C) groups is 1. The summed E-state index contributed by atoms with van der Waals surface area (Å²) in [6.45, 7) is 0.938. The Bertz CT molecular complexity index is 327. The number of hydrogen-bond donors (Lipinski definition) is 3. The van der Waals surface area contributed by atoms with Crippen LogP contribution in [-0.2, 0) is 10.0 Å². The van der Waals surface area contributed by atoms with Gasteiger partial charge in [0, 0.05) is 13.1 Å². The summed E-state index contributed by atoms with van der Waals surface area (Å²) in [5.74, 6) is 0.821. The smallest absolute Gasteiger partial charge is 0.210 e. The van der Waals surface area contributed by atoms with Gasteiger partial charge in [0.2, 0.25) is 10.0 Å². The lowest BCUT2D eigenvalue weighted by molar-refractivity contribution is 0.326. The van der Waals surface area contributed by atoms with E-state index in [1.165, 1.54) is 19.3 Å². The fourth-order valence-corrected chi connectivity index (χ4v) is 1.67. The van der Waals surface area contributed by atoms with E-state index in [0.717, 1.165) is 6.54 Å². The number of guanidine groups is 1. The minimum Gasteiger partial charge on any atom is -0.370 e. The molecule has 1 aliphatic carbocycles. The Morgan fingerprint density at radius 1 is 1.44 bits per heavy atom. The topological polar surface area (TPSA) is 111 Å². The van der Waals surface area contributed by atoms with Gasteiger partial charge in [0.15, 0.2) is 5.96 Å². The van der Waals surface area contributed by atoms with Crippen molar-refractivity contribution >= 4 is 40.0 Å². The lowest BCUT2D eigenvalue weighted by Crippen LogP contribution is -2.37. The van der Waals surface area contributed by atoms with E-state index in [4.69, 9.17) is 10.9 Å². The Balaban J connectivity index is 0.00000225. The molecule has 0 atom stereocenters. The molecule has 0 aliphatic heterocycles. The summed E-state index contributed by atoms with van der Waals surface area (Å²) in [7, 11) is -3.42. The van der Waals surface area contributed by atoms with Crippen molar-refractivity contribution in [2.24, 2.45) is 21.8 Å². The van der Waals surface area contributed by atoms with Crippen LogP contribution in [0, 0.1) is 5.92 Å². The van der Waals surface area contributed by atoms with E-state index in [1.807, 2.05) is 0 Å². The quantitative estimate of drug-likeness (QED) is 0.351. The van der Waals surface area contributed by atoms with Gasteiger partial charge in [-0.05, 0) is 18.8 Å². The molecule has 0 unspecified atom stereocenters. The molecule has 1 fully saturated rings. The third-order valence-electron chi connectivity index (χ3n) is 2.44. The molecular weight excluding hydrogens is 343 g/mol. The molecule has 0 bridgehead atoms. The van der Waals surface area contributed by atoms with Crippen LogP contribution in [0.15, 0.2) is 4.99 Å². The van der Waals surface area contributed by atoms with E-state index in [0.29, 0.717) is 11.9 Å². The van der Waals surface area contributed by atoms with Gasteiger partial charge in [0.25, 0.3) is 0 Å². The number of hydrogen-bond acceptors (Lipinski definition) is 3. The molecule has 0 aromatic heterocycles. The summed E-state index contributed by atoms with van der Waals surface area (Å²) < 4.78 is 21.2. The van der Waals surface area contributed by atoms with Gasteiger partial charge < -0.3 is 11.1 Å². The van der Waals surface area contributed by atoms with Gasteiger partial charge in [-0.25, -0.2) is 13.6 Å². The number of nitrogens with one attached hydrogen (secondary N) is 1. The van der Waals surface area contributed by atoms with Gasteiger partial charge in [-0.3, -0.25) is 4.99 Å². The van der Waals surface area contributed by atoms with Gasteiger partial charge in [-0.1, -0.05) is 6.42 Å². The zero-order valence-corrected chi connectivity index (χ0v) is 12.2. The lowest BCUT2D eigenvalue weighted by Gasteiger charge is -2.23. The average molecular weight is 362 g/mol. The first kappa shape index (κ1) is 15.9. The van der Waals surface area contributed by atoms with Crippen LogP contribution in [0.5, 0.6) is 0 Å². The average Bonchev–Trinajstić information content (AvgIpc) is 1.98. The highest BCUT2D eigenvalue weighted by Crippen LogP contribution is 2.26. The summed E-state index contributed by atoms with van der Waals surface area (Å²) in [6, 6.07) is 0. The van der Waals surface area contributed by atoms with Crippen molar-refractivity contribution in [2.45, 2.75) is 19.3 Å². The van der Waals surface area contributed by atoms with Crippen LogP contribution in [-0.4, -0.2) is 33.2 Å². The molecule has 1 aliphatic rings. The summed E-state index contributed by atoms with van der Waals surface area (Å²) >= 11 is 0. The Kier molecular flexibility index (Phi) is 7.24. The SMILES string of the molecule is I.NC(=NCC1CCC1)NCCS(N)(=O)=O. The first-order valence-electron chi connectivity index (χ1n) is 5.01. The molecule has 5 N–H and O–H groups in total. The van der Waals surface area contributed by atoms with Crippen molar-refractivity contribution in [2.75, 3.05) is 18.8 Å². The molecule has 0 aromatic rings. The molecule has 1 saturated carbocycles. The van der Waals surface area contributed by atoms with Crippen LogP contribution in [0.2, 0.25) is 0 Å². The highest BCUT2D eigenvalue weighted by Gasteiger charge is 2.16. The van der Waals surface area contributed by atoms with E-state index in [9.17, 15) is 8.42 Å². The van der Waals surface area contributed by atoms with Crippen LogP contribution >= 0.6 is 24.0 Å². The third-order valence-corrected chi connectivity index (χ3v) is 3.21. The number of rotatable bonds is 5. The molecule has 8 heteroatoms. The second-order valence-corrected chi connectivity index (χ2v) is 5.55. The fraction of sp³-hybridized carbons (Fsp3) is 0.875. The molecule has 0 amide bonds. The predicted octanol–water partition coefficient (Wildman–Crippen LogP) is -0.403. The molecule has 0 radical (unpaired) electrons. The van der Waals surface area contributed by atoms with Crippen molar-refractivity contribution in [1.29, 1.82) is 0 Å². The van der Waals surface area contributed by atoms with Crippen molar-refractivity contribution in [3.05, 3.63) is 0 Å². The minimum absolute atomic E-state index is 0. The van der Waals surface area contributed by atoms with Gasteiger partial charge in [0.1, 0.15) is 0 Å². The van der Waals surface area contributed by atoms with Crippen LogP contribution in [0.25, 0.3) is 0 Å². The van der Waals surface area contributed by atoms with Gasteiger partial charge in [-0.15, -0.1) is 24.0 Å². The van der Waals surface area contributed by atoms with Gasteiger partial charge in [0.05, 0.1) is 5.75 Å². The number of primary sulfonamides is 1. The molecule has 0 spiro atoms. The summed E-state index contributed by atoms with van der Waals surface area (Å²) in [6.07, 6.45) is 3.71. The monoisotopic (exact) mass is 362 g/mol. The van der Waals surface area contributed by atoms with Crippen LogP contribution in [0.4, 0.5) is 0 Å². The zero-order chi connectivity index (χ0) is 11.3. The largest absolute Gasteiger partial charge is 0.370 e. The molecule has 1 rings (SSSR count). The number of nitrogens with two attached hydrogens (primary N) is 2. The van der Waals surface area contributed by atoms with Crippen molar-refractivity contribution in [3.8, 4) is 0 Å². The minimum atomic E-state index is -3.42. The molecule has 0 heterocycles. The molecule has 0 aromatic carbocycles. The highest BCUT2D eigenvalue weighted by molar-refractivity contribution is 14.0. The van der Waals surface area contributed by atoms with Crippen LogP contribution < -0.4 is 16.2 Å². The first-order valence-corrected chi connectivity index (χ1v) is 6.73. The molecule has 6 nitrogen and oxygen atoms in total. The maximum Gasteiger partial charge on any atom is 0.210 e. The van der Waals surface area contributed by atoms with Crippen molar-refractivity contribution in [1.82, 2.24) is 5.32 Å². The van der Waals surface area contributed by atoms with Crippen molar-refractivity contribution < 1.29 is 8.42 Å². The Labute approximate surface area is 113 Å². The summed E-state index contributed by atoms with van der Waals surface area (Å²) in [5, 5.41) is 7.54. The standard InChI is InChI=1S/C8H18N4O2S.HI/c9-8(11-4-5-15(10,13)14)12-6-7-2-1-3-7;/h7H,1-6H2,(H3,9,11,12)(H2,10,13,14);1H. The first-order chi connectivity index (χ1) is 6.97.